The van der Waals surface area contributed by atoms with E-state index in [0.29, 0.717) is 23.9 Å². The Morgan fingerprint density at radius 2 is 1.94 bits per heavy atom. The number of fused-ring (bicyclic) bond motifs is 1. The van der Waals surface area contributed by atoms with Crippen molar-refractivity contribution in [2.75, 3.05) is 4.31 Å². The quantitative estimate of drug-likeness (QED) is 0.381. The number of H-pyrrole nitrogens is 1. The molecule has 1 aromatic carbocycles. The van der Waals surface area contributed by atoms with E-state index < -0.39 is 38.4 Å². The average molecular weight is 502 g/mol. The van der Waals surface area contributed by atoms with Gasteiger partial charge in [0, 0.05) is 18.3 Å². The first-order chi connectivity index (χ1) is 16.5. The summed E-state index contributed by atoms with van der Waals surface area (Å²) in [4.78, 5) is 30.6. The summed E-state index contributed by atoms with van der Waals surface area (Å²) in [5.41, 5.74) is -0.809. The Hall–Kier alpha value is -3.67. The van der Waals surface area contributed by atoms with E-state index >= 15 is 0 Å². The molecule has 2 N–H and O–H groups in total. The molecule has 2 atom stereocenters. The minimum atomic E-state index is -4.20. The van der Waals surface area contributed by atoms with E-state index in [1.807, 2.05) is 0 Å². The number of alkyl carbamates (subject to hydrolysis) is 1. The van der Waals surface area contributed by atoms with Crippen LogP contribution < -0.4 is 9.62 Å². The lowest BCUT2D eigenvalue weighted by Crippen LogP contribution is -2.42. The monoisotopic (exact) mass is 501 g/mol. The van der Waals surface area contributed by atoms with E-state index in [-0.39, 0.29) is 23.0 Å². The van der Waals surface area contributed by atoms with E-state index in [1.54, 1.807) is 51.2 Å². The highest BCUT2D eigenvalue weighted by atomic mass is 32.2. The van der Waals surface area contributed by atoms with Crippen LogP contribution in [-0.4, -0.2) is 47.1 Å². The predicted octanol–water partition coefficient (Wildman–Crippen LogP) is 4.11. The highest BCUT2D eigenvalue weighted by molar-refractivity contribution is 7.93. The Labute approximate surface area is 202 Å². The van der Waals surface area contributed by atoms with Gasteiger partial charge in [0.15, 0.2) is 0 Å². The van der Waals surface area contributed by atoms with Gasteiger partial charge in [0.2, 0.25) is 0 Å². The van der Waals surface area contributed by atoms with Gasteiger partial charge >= 0.3 is 11.8 Å². The molecule has 2 heterocycles. The number of anilines is 1. The molecule has 4 rings (SSSR count). The summed E-state index contributed by atoms with van der Waals surface area (Å²) < 4.78 is 34.3. The van der Waals surface area contributed by atoms with Gasteiger partial charge in [-0.25, -0.2) is 18.2 Å². The largest absolute Gasteiger partial charge is 0.444 e. The van der Waals surface area contributed by atoms with Crippen LogP contribution in [0.3, 0.4) is 0 Å². The van der Waals surface area contributed by atoms with E-state index in [4.69, 9.17) is 4.74 Å². The molecule has 1 aliphatic rings. The van der Waals surface area contributed by atoms with Gasteiger partial charge in [-0.15, -0.1) is 0 Å². The summed E-state index contributed by atoms with van der Waals surface area (Å²) in [5, 5.41) is 15.1. The third-order valence-corrected chi connectivity index (χ3v) is 7.58. The zero-order chi connectivity index (χ0) is 25.4. The zero-order valence-electron chi connectivity index (χ0n) is 19.6. The van der Waals surface area contributed by atoms with Crippen molar-refractivity contribution >= 4 is 38.5 Å². The van der Waals surface area contributed by atoms with Crippen molar-refractivity contribution in [2.24, 2.45) is 0 Å². The number of nitrogens with zero attached hydrogens (tertiary/aromatic N) is 3. The third-order valence-electron chi connectivity index (χ3n) is 5.71. The Morgan fingerprint density at radius 1 is 1.23 bits per heavy atom. The number of ether oxygens (including phenoxy) is 1. The molecule has 35 heavy (non-hydrogen) atoms. The second kappa shape index (κ2) is 9.17. The molecule has 0 radical (unpaired) electrons. The first-order valence-corrected chi connectivity index (χ1v) is 12.6. The van der Waals surface area contributed by atoms with Gasteiger partial charge in [-0.05, 0) is 58.2 Å². The van der Waals surface area contributed by atoms with Gasteiger partial charge in [-0.1, -0.05) is 18.2 Å². The number of pyridine rings is 1. The van der Waals surface area contributed by atoms with Gasteiger partial charge in [0.25, 0.3) is 10.0 Å². The van der Waals surface area contributed by atoms with Gasteiger partial charge in [-0.3, -0.25) is 14.4 Å². The van der Waals surface area contributed by atoms with Crippen molar-refractivity contribution in [3.63, 3.8) is 0 Å². The molecule has 3 aromatic rings. The van der Waals surface area contributed by atoms with Crippen LogP contribution in [0, 0.1) is 10.1 Å². The fourth-order valence-corrected chi connectivity index (χ4v) is 6.07. The van der Waals surface area contributed by atoms with Crippen LogP contribution >= 0.6 is 0 Å². The summed E-state index contributed by atoms with van der Waals surface area (Å²) >= 11 is 0. The number of sulfonamides is 1. The second-order valence-corrected chi connectivity index (χ2v) is 11.2. The van der Waals surface area contributed by atoms with E-state index in [9.17, 15) is 23.3 Å². The van der Waals surface area contributed by atoms with Gasteiger partial charge in [-0.2, -0.15) is 0 Å². The number of nitrogens with one attached hydrogen (secondary N) is 2. The summed E-state index contributed by atoms with van der Waals surface area (Å²) in [7, 11) is -4.20. The molecule has 0 saturated heterocycles. The number of hydrogen-bond acceptors (Lipinski definition) is 7. The Balaban J connectivity index is 1.78. The van der Waals surface area contributed by atoms with Crippen LogP contribution in [0.1, 0.15) is 40.0 Å². The zero-order valence-corrected chi connectivity index (χ0v) is 20.4. The van der Waals surface area contributed by atoms with E-state index in [2.05, 4.69) is 15.3 Å². The molecular formula is C23H27N5O6S. The lowest BCUT2D eigenvalue weighted by molar-refractivity contribution is -0.384. The highest BCUT2D eigenvalue weighted by Gasteiger charge is 2.41. The normalized spacial score (nSPS) is 18.4. The topological polar surface area (TPSA) is 148 Å². The number of nitro groups is 1. The molecule has 12 heteroatoms. The number of carbonyl (C=O) groups is 1. The van der Waals surface area contributed by atoms with Crippen LogP contribution in [0.2, 0.25) is 0 Å². The lowest BCUT2D eigenvalue weighted by atomic mass is 10.2. The maximum absolute atomic E-state index is 13.9. The SMILES string of the molecule is CC(C)(C)OC(=O)N[C@H]1CC[C@@H](N(c2c([N+](=O)[O-])cnc3[nH]ccc23)S(=O)(=O)c2ccccc2)C1. The van der Waals surface area contributed by atoms with Crippen LogP contribution in [0.5, 0.6) is 0 Å². The molecule has 0 spiro atoms. The fourth-order valence-electron chi connectivity index (χ4n) is 4.33. The van der Waals surface area contributed by atoms with Crippen molar-refractivity contribution in [1.82, 2.24) is 15.3 Å². The minimum Gasteiger partial charge on any atom is -0.444 e. The van der Waals surface area contributed by atoms with Crippen LogP contribution in [0.4, 0.5) is 16.2 Å². The molecule has 1 fully saturated rings. The van der Waals surface area contributed by atoms with Crippen molar-refractivity contribution in [1.29, 1.82) is 0 Å². The van der Waals surface area contributed by atoms with Crippen molar-refractivity contribution < 1.29 is 22.9 Å². The lowest BCUT2D eigenvalue weighted by Gasteiger charge is -2.30. The molecule has 186 valence electrons. The average Bonchev–Trinajstić information content (AvgIpc) is 3.42. The second-order valence-electron chi connectivity index (χ2n) is 9.41. The molecule has 0 unspecified atom stereocenters. The number of carbonyl (C=O) groups excluding carboxylic acids is 1. The van der Waals surface area contributed by atoms with Crippen molar-refractivity contribution in [2.45, 2.75) is 62.6 Å². The molecule has 11 nitrogen and oxygen atoms in total. The van der Waals surface area contributed by atoms with Crippen LogP contribution in [0.15, 0.2) is 53.7 Å². The van der Waals surface area contributed by atoms with Crippen LogP contribution in [-0.2, 0) is 14.8 Å². The third kappa shape index (κ3) is 5.06. The summed E-state index contributed by atoms with van der Waals surface area (Å²) in [6.45, 7) is 5.26. The number of hydrogen-bond donors (Lipinski definition) is 2. The van der Waals surface area contributed by atoms with E-state index in [0.717, 1.165) is 10.5 Å². The Kier molecular flexibility index (Phi) is 6.41. The maximum Gasteiger partial charge on any atom is 0.407 e. The number of rotatable bonds is 6. The van der Waals surface area contributed by atoms with E-state index in [1.165, 1.54) is 12.1 Å². The first-order valence-electron chi connectivity index (χ1n) is 11.2. The standard InChI is InChI=1S/C23H27N5O6S/c1-23(2,3)34-22(29)26-15-9-10-16(13-15)27(35(32,33)17-7-5-4-6-8-17)20-18-11-12-24-21(18)25-14-19(20)28(30)31/h4-8,11-12,14-16H,9-10,13H2,1-3H3,(H,24,25)(H,26,29)/t15-,16+/m0/s1. The Bertz CT molecular complexity index is 1350. The van der Waals surface area contributed by atoms with Crippen molar-refractivity contribution in [3.8, 4) is 0 Å². The summed E-state index contributed by atoms with van der Waals surface area (Å²) in [6, 6.07) is 8.37. The van der Waals surface area contributed by atoms with Gasteiger partial charge in [0.1, 0.15) is 23.1 Å². The number of aromatic nitrogens is 2. The Morgan fingerprint density at radius 3 is 2.60 bits per heavy atom. The smallest absolute Gasteiger partial charge is 0.407 e. The summed E-state index contributed by atoms with van der Waals surface area (Å²) in [5.74, 6) is 0. The fraction of sp³-hybridized carbons (Fsp3) is 0.391. The molecule has 2 aromatic heterocycles. The molecule has 0 aliphatic heterocycles. The molecule has 1 saturated carbocycles. The molecule has 0 bridgehead atoms. The van der Waals surface area contributed by atoms with Gasteiger partial charge in [0.05, 0.1) is 15.2 Å². The molecular weight excluding hydrogens is 474 g/mol. The van der Waals surface area contributed by atoms with Crippen molar-refractivity contribution in [3.05, 3.63) is 58.9 Å². The molecule has 1 aliphatic carbocycles. The predicted molar refractivity (Wildman–Crippen MR) is 130 cm³/mol. The highest BCUT2D eigenvalue weighted by Crippen LogP contribution is 2.42. The van der Waals surface area contributed by atoms with Crippen LogP contribution in [0.25, 0.3) is 11.0 Å². The summed E-state index contributed by atoms with van der Waals surface area (Å²) in [6.07, 6.45) is 3.16. The maximum atomic E-state index is 13.9. The number of amides is 1. The molecule has 1 amide bonds. The minimum absolute atomic E-state index is 0.0124. The number of benzene rings is 1. The number of aromatic amines is 1. The van der Waals surface area contributed by atoms with Gasteiger partial charge < -0.3 is 15.0 Å². The first kappa shape index (κ1) is 24.5.